The van der Waals surface area contributed by atoms with Gasteiger partial charge in [0.25, 0.3) is 5.91 Å². The minimum atomic E-state index is -0.788. The van der Waals surface area contributed by atoms with E-state index in [4.69, 9.17) is 4.74 Å². The van der Waals surface area contributed by atoms with Crippen molar-refractivity contribution in [3.05, 3.63) is 0 Å². The molecule has 2 aliphatic heterocycles. The van der Waals surface area contributed by atoms with E-state index >= 15 is 0 Å². The van der Waals surface area contributed by atoms with Crippen LogP contribution in [-0.2, 0) is 14.3 Å². The number of carboxylic acid groups (broad SMARTS) is 1. The molecule has 2 aliphatic rings. The zero-order chi connectivity index (χ0) is 14.0. The molecule has 1 amide bonds. The Kier molecular flexibility index (Phi) is 4.13. The number of carbonyl (C=O) groups is 2. The van der Waals surface area contributed by atoms with Crippen molar-refractivity contribution in [3.8, 4) is 0 Å². The van der Waals surface area contributed by atoms with Gasteiger partial charge in [-0.15, -0.1) is 0 Å². The molecule has 2 saturated heterocycles. The van der Waals surface area contributed by atoms with Gasteiger partial charge in [0.05, 0.1) is 5.41 Å². The first kappa shape index (κ1) is 14.3. The first-order valence-corrected chi connectivity index (χ1v) is 7.06. The Morgan fingerprint density at radius 1 is 1.26 bits per heavy atom. The molecule has 2 rings (SSSR count). The summed E-state index contributed by atoms with van der Waals surface area (Å²) >= 11 is 0. The quantitative estimate of drug-likeness (QED) is 0.843. The van der Waals surface area contributed by atoms with E-state index in [1.54, 1.807) is 18.7 Å². The minimum Gasteiger partial charge on any atom is -0.481 e. The number of carbonyl (C=O) groups excluding carboxylic acids is 1. The SMILES string of the molecule is CC(C)(C(=O)O)C1CCCN(C(=O)C2CCCO2)C1. The van der Waals surface area contributed by atoms with Gasteiger partial charge < -0.3 is 14.7 Å². The maximum Gasteiger partial charge on any atom is 0.309 e. The zero-order valence-corrected chi connectivity index (χ0v) is 11.7. The molecule has 0 radical (unpaired) electrons. The topological polar surface area (TPSA) is 66.8 Å². The molecule has 0 aromatic carbocycles. The van der Waals surface area contributed by atoms with E-state index in [1.807, 2.05) is 0 Å². The van der Waals surface area contributed by atoms with Crippen LogP contribution in [0.5, 0.6) is 0 Å². The normalized spacial score (nSPS) is 28.4. The summed E-state index contributed by atoms with van der Waals surface area (Å²) in [5.74, 6) is -0.726. The van der Waals surface area contributed by atoms with Gasteiger partial charge in [-0.2, -0.15) is 0 Å². The van der Waals surface area contributed by atoms with Gasteiger partial charge in [-0.3, -0.25) is 9.59 Å². The van der Waals surface area contributed by atoms with Crippen molar-refractivity contribution in [1.82, 2.24) is 4.90 Å². The smallest absolute Gasteiger partial charge is 0.309 e. The van der Waals surface area contributed by atoms with E-state index in [1.165, 1.54) is 0 Å². The monoisotopic (exact) mass is 269 g/mol. The molecule has 5 heteroatoms. The fourth-order valence-corrected chi connectivity index (χ4v) is 2.92. The zero-order valence-electron chi connectivity index (χ0n) is 11.7. The van der Waals surface area contributed by atoms with Crippen molar-refractivity contribution < 1.29 is 19.4 Å². The number of carboxylic acids is 1. The van der Waals surface area contributed by atoms with Crippen LogP contribution >= 0.6 is 0 Å². The van der Waals surface area contributed by atoms with Gasteiger partial charge in [-0.25, -0.2) is 0 Å². The molecule has 2 atom stereocenters. The first-order chi connectivity index (χ1) is 8.93. The second-order valence-electron chi connectivity index (χ2n) is 6.15. The fraction of sp³-hybridized carbons (Fsp3) is 0.857. The molecule has 5 nitrogen and oxygen atoms in total. The minimum absolute atomic E-state index is 0.0177. The predicted octanol–water partition coefficient (Wildman–Crippen LogP) is 1.51. The van der Waals surface area contributed by atoms with Crippen molar-refractivity contribution in [1.29, 1.82) is 0 Å². The predicted molar refractivity (Wildman–Crippen MR) is 69.7 cm³/mol. The highest BCUT2D eigenvalue weighted by molar-refractivity contribution is 5.81. The van der Waals surface area contributed by atoms with Crippen LogP contribution in [0.15, 0.2) is 0 Å². The largest absolute Gasteiger partial charge is 0.481 e. The fourth-order valence-electron chi connectivity index (χ4n) is 2.92. The molecule has 2 fully saturated rings. The number of aliphatic carboxylic acids is 1. The Morgan fingerprint density at radius 3 is 2.58 bits per heavy atom. The van der Waals surface area contributed by atoms with E-state index in [9.17, 15) is 14.7 Å². The van der Waals surface area contributed by atoms with E-state index < -0.39 is 11.4 Å². The first-order valence-electron chi connectivity index (χ1n) is 7.06. The third-order valence-electron chi connectivity index (χ3n) is 4.51. The molecule has 2 heterocycles. The number of hydrogen-bond donors (Lipinski definition) is 1. The molecule has 1 N–H and O–H groups in total. The number of rotatable bonds is 3. The maximum absolute atomic E-state index is 12.3. The molecule has 0 aromatic rings. The van der Waals surface area contributed by atoms with Crippen molar-refractivity contribution >= 4 is 11.9 Å². The standard InChI is InChI=1S/C14H23NO4/c1-14(2,13(17)18)10-5-3-7-15(9-10)12(16)11-6-4-8-19-11/h10-11H,3-9H2,1-2H3,(H,17,18). The summed E-state index contributed by atoms with van der Waals surface area (Å²) in [7, 11) is 0. The van der Waals surface area contributed by atoms with Crippen LogP contribution in [0.3, 0.4) is 0 Å². The average Bonchev–Trinajstić information content (AvgIpc) is 2.91. The third kappa shape index (κ3) is 2.91. The lowest BCUT2D eigenvalue weighted by molar-refractivity contribution is -0.154. The van der Waals surface area contributed by atoms with Gasteiger partial charge in [0.15, 0.2) is 0 Å². The van der Waals surface area contributed by atoms with Crippen LogP contribution in [0, 0.1) is 11.3 Å². The van der Waals surface area contributed by atoms with Gasteiger partial charge in [-0.05, 0) is 45.4 Å². The highest BCUT2D eigenvalue weighted by Crippen LogP contribution is 2.34. The number of amides is 1. The summed E-state index contributed by atoms with van der Waals surface area (Å²) in [5, 5.41) is 9.30. The molecule has 0 aliphatic carbocycles. The van der Waals surface area contributed by atoms with Crippen molar-refractivity contribution in [2.75, 3.05) is 19.7 Å². The van der Waals surface area contributed by atoms with Gasteiger partial charge in [0.1, 0.15) is 6.10 Å². The number of likely N-dealkylation sites (tertiary alicyclic amines) is 1. The van der Waals surface area contributed by atoms with Gasteiger partial charge in [0, 0.05) is 19.7 Å². The molecule has 0 spiro atoms. The second kappa shape index (κ2) is 5.49. The Balaban J connectivity index is 2.00. The molecule has 19 heavy (non-hydrogen) atoms. The molecule has 0 aromatic heterocycles. The number of piperidine rings is 1. The maximum atomic E-state index is 12.3. The van der Waals surface area contributed by atoms with Crippen LogP contribution < -0.4 is 0 Å². The lowest BCUT2D eigenvalue weighted by atomic mass is 9.74. The number of ether oxygens (including phenoxy) is 1. The Labute approximate surface area is 113 Å². The van der Waals surface area contributed by atoms with Crippen LogP contribution in [0.1, 0.15) is 39.5 Å². The molecule has 108 valence electrons. The summed E-state index contributed by atoms with van der Waals surface area (Å²) < 4.78 is 5.43. The molecular formula is C14H23NO4. The Bertz CT molecular complexity index is 360. The van der Waals surface area contributed by atoms with E-state index in [-0.39, 0.29) is 17.9 Å². The van der Waals surface area contributed by atoms with Crippen LogP contribution in [-0.4, -0.2) is 47.7 Å². The highest BCUT2D eigenvalue weighted by atomic mass is 16.5. The molecule has 0 bridgehead atoms. The van der Waals surface area contributed by atoms with E-state index in [0.717, 1.165) is 32.2 Å². The van der Waals surface area contributed by atoms with Crippen LogP contribution in [0.4, 0.5) is 0 Å². The lowest BCUT2D eigenvalue weighted by Gasteiger charge is -2.39. The van der Waals surface area contributed by atoms with Crippen LogP contribution in [0.25, 0.3) is 0 Å². The molecule has 2 unspecified atom stereocenters. The summed E-state index contributed by atoms with van der Waals surface area (Å²) in [6, 6.07) is 0. The second-order valence-corrected chi connectivity index (χ2v) is 6.15. The Hall–Kier alpha value is -1.10. The Morgan fingerprint density at radius 2 is 2.00 bits per heavy atom. The van der Waals surface area contributed by atoms with Crippen molar-refractivity contribution in [2.45, 2.75) is 45.6 Å². The third-order valence-corrected chi connectivity index (χ3v) is 4.51. The lowest BCUT2D eigenvalue weighted by Crippen LogP contribution is -2.49. The summed E-state index contributed by atoms with van der Waals surface area (Å²) in [4.78, 5) is 25.4. The van der Waals surface area contributed by atoms with Crippen molar-refractivity contribution in [2.24, 2.45) is 11.3 Å². The number of nitrogens with zero attached hydrogens (tertiary/aromatic N) is 1. The van der Waals surface area contributed by atoms with Crippen molar-refractivity contribution in [3.63, 3.8) is 0 Å². The molecule has 0 saturated carbocycles. The average molecular weight is 269 g/mol. The van der Waals surface area contributed by atoms with Crippen LogP contribution in [0.2, 0.25) is 0 Å². The van der Waals surface area contributed by atoms with E-state index in [2.05, 4.69) is 0 Å². The van der Waals surface area contributed by atoms with Gasteiger partial charge >= 0.3 is 5.97 Å². The highest BCUT2D eigenvalue weighted by Gasteiger charge is 2.41. The summed E-state index contributed by atoms with van der Waals surface area (Å²) in [6.07, 6.45) is 3.18. The van der Waals surface area contributed by atoms with Gasteiger partial charge in [0.2, 0.25) is 0 Å². The number of hydrogen-bond acceptors (Lipinski definition) is 3. The summed E-state index contributed by atoms with van der Waals surface area (Å²) in [5.41, 5.74) is -0.782. The van der Waals surface area contributed by atoms with Gasteiger partial charge in [-0.1, -0.05) is 0 Å². The summed E-state index contributed by atoms with van der Waals surface area (Å²) in [6.45, 7) is 5.43. The molecular weight excluding hydrogens is 246 g/mol. The van der Waals surface area contributed by atoms with E-state index in [0.29, 0.717) is 13.2 Å².